The summed E-state index contributed by atoms with van der Waals surface area (Å²) in [6.07, 6.45) is 3.23. The predicted molar refractivity (Wildman–Crippen MR) is 78.3 cm³/mol. The van der Waals surface area contributed by atoms with Gasteiger partial charge in [0, 0.05) is 19.2 Å². The van der Waals surface area contributed by atoms with Crippen molar-refractivity contribution in [1.29, 1.82) is 0 Å². The number of rotatable bonds is 5. The van der Waals surface area contributed by atoms with Crippen LogP contribution in [0.1, 0.15) is 28.1 Å². The summed E-state index contributed by atoms with van der Waals surface area (Å²) < 4.78 is 5.73. The SMILES string of the molecule is CCc1nnsc1C(=O)NCCc1nnc2ccccn12. The fourth-order valence-electron chi connectivity index (χ4n) is 2.04. The number of aromatic nitrogens is 5. The van der Waals surface area contributed by atoms with Crippen LogP contribution in [0.2, 0.25) is 0 Å². The van der Waals surface area contributed by atoms with Crippen LogP contribution >= 0.6 is 11.5 Å². The Kier molecular flexibility index (Phi) is 3.87. The molecule has 3 rings (SSSR count). The topological polar surface area (TPSA) is 85.1 Å². The summed E-state index contributed by atoms with van der Waals surface area (Å²) in [5.41, 5.74) is 1.55. The minimum Gasteiger partial charge on any atom is -0.351 e. The van der Waals surface area contributed by atoms with Gasteiger partial charge in [-0.25, -0.2) is 0 Å². The van der Waals surface area contributed by atoms with Crippen LogP contribution in [0, 0.1) is 0 Å². The molecule has 8 heteroatoms. The van der Waals surface area contributed by atoms with E-state index >= 15 is 0 Å². The van der Waals surface area contributed by atoms with Crippen LogP contribution in [0.25, 0.3) is 5.65 Å². The number of hydrogen-bond acceptors (Lipinski definition) is 6. The second kappa shape index (κ2) is 5.96. The fourth-order valence-corrected chi connectivity index (χ4v) is 2.71. The van der Waals surface area contributed by atoms with Crippen molar-refractivity contribution < 1.29 is 4.79 Å². The van der Waals surface area contributed by atoms with Crippen molar-refractivity contribution in [2.75, 3.05) is 6.54 Å². The first-order valence-electron chi connectivity index (χ1n) is 6.67. The molecule has 1 amide bonds. The first-order chi connectivity index (χ1) is 10.3. The number of pyridine rings is 1. The summed E-state index contributed by atoms with van der Waals surface area (Å²) in [5.74, 6) is 0.694. The maximum Gasteiger partial charge on any atom is 0.264 e. The van der Waals surface area contributed by atoms with Crippen LogP contribution in [0.5, 0.6) is 0 Å². The Hall–Kier alpha value is -2.35. The van der Waals surface area contributed by atoms with Gasteiger partial charge >= 0.3 is 0 Å². The van der Waals surface area contributed by atoms with E-state index in [0.29, 0.717) is 24.3 Å². The average molecular weight is 302 g/mol. The van der Waals surface area contributed by atoms with Gasteiger partial charge in [0.15, 0.2) is 5.65 Å². The summed E-state index contributed by atoms with van der Waals surface area (Å²) in [7, 11) is 0. The number of amides is 1. The van der Waals surface area contributed by atoms with Gasteiger partial charge in [0.05, 0.1) is 5.69 Å². The molecule has 0 spiro atoms. The summed E-state index contributed by atoms with van der Waals surface area (Å²) in [5, 5.41) is 15.0. The molecule has 0 fully saturated rings. The number of carbonyl (C=O) groups excluding carboxylic acids is 1. The van der Waals surface area contributed by atoms with Crippen molar-refractivity contribution in [2.24, 2.45) is 0 Å². The highest BCUT2D eigenvalue weighted by Crippen LogP contribution is 2.10. The van der Waals surface area contributed by atoms with Crippen molar-refractivity contribution in [3.63, 3.8) is 0 Å². The van der Waals surface area contributed by atoms with E-state index in [0.717, 1.165) is 28.7 Å². The smallest absolute Gasteiger partial charge is 0.264 e. The Bertz CT molecular complexity index is 765. The lowest BCUT2D eigenvalue weighted by atomic mass is 10.3. The van der Waals surface area contributed by atoms with Crippen LogP contribution in [-0.4, -0.2) is 36.6 Å². The highest BCUT2D eigenvalue weighted by atomic mass is 32.1. The third kappa shape index (κ3) is 2.75. The molecule has 108 valence electrons. The number of fused-ring (bicyclic) bond motifs is 1. The van der Waals surface area contributed by atoms with Crippen molar-refractivity contribution in [2.45, 2.75) is 19.8 Å². The van der Waals surface area contributed by atoms with E-state index in [2.05, 4.69) is 25.1 Å². The van der Waals surface area contributed by atoms with Gasteiger partial charge in [-0.3, -0.25) is 9.20 Å². The van der Waals surface area contributed by atoms with Gasteiger partial charge in [-0.15, -0.1) is 15.3 Å². The molecule has 3 aromatic rings. The van der Waals surface area contributed by atoms with Crippen molar-refractivity contribution in [3.05, 3.63) is 40.8 Å². The van der Waals surface area contributed by atoms with Gasteiger partial charge in [-0.2, -0.15) is 0 Å². The maximum atomic E-state index is 12.1. The molecular weight excluding hydrogens is 288 g/mol. The minimum absolute atomic E-state index is 0.129. The van der Waals surface area contributed by atoms with Crippen molar-refractivity contribution >= 4 is 23.1 Å². The lowest BCUT2D eigenvalue weighted by Crippen LogP contribution is -2.26. The Labute approximate surface area is 125 Å². The highest BCUT2D eigenvalue weighted by molar-refractivity contribution is 7.08. The molecule has 0 aliphatic rings. The molecule has 3 aromatic heterocycles. The second-order valence-electron chi connectivity index (χ2n) is 4.45. The van der Waals surface area contributed by atoms with Gasteiger partial charge in [0.2, 0.25) is 0 Å². The third-order valence-electron chi connectivity index (χ3n) is 3.12. The standard InChI is InChI=1S/C13H14N6OS/c1-2-9-12(21-18-15-9)13(20)14-7-6-11-17-16-10-5-3-4-8-19(10)11/h3-5,8H,2,6-7H2,1H3,(H,14,20). The lowest BCUT2D eigenvalue weighted by Gasteiger charge is -2.03. The zero-order chi connectivity index (χ0) is 14.7. The van der Waals surface area contributed by atoms with Crippen LogP contribution in [0.3, 0.4) is 0 Å². The molecule has 0 saturated heterocycles. The quantitative estimate of drug-likeness (QED) is 0.763. The molecule has 21 heavy (non-hydrogen) atoms. The largest absolute Gasteiger partial charge is 0.351 e. The Balaban J connectivity index is 1.62. The first kappa shape index (κ1) is 13.6. The van der Waals surface area contributed by atoms with Crippen LogP contribution in [0.15, 0.2) is 24.4 Å². The summed E-state index contributed by atoms with van der Waals surface area (Å²) in [6.45, 7) is 2.45. The number of aryl methyl sites for hydroxylation is 1. The van der Waals surface area contributed by atoms with E-state index < -0.39 is 0 Å². The first-order valence-corrected chi connectivity index (χ1v) is 7.45. The molecular formula is C13H14N6OS. The van der Waals surface area contributed by atoms with Crippen LogP contribution in [0.4, 0.5) is 0 Å². The number of hydrogen-bond donors (Lipinski definition) is 1. The van der Waals surface area contributed by atoms with Gasteiger partial charge in [-0.05, 0) is 30.1 Å². The molecule has 0 bridgehead atoms. The zero-order valence-corrected chi connectivity index (χ0v) is 12.3. The van der Waals surface area contributed by atoms with E-state index in [4.69, 9.17) is 0 Å². The third-order valence-corrected chi connectivity index (χ3v) is 3.88. The molecule has 0 saturated carbocycles. The maximum absolute atomic E-state index is 12.1. The Morgan fingerprint density at radius 2 is 2.24 bits per heavy atom. The van der Waals surface area contributed by atoms with Gasteiger partial charge in [0.1, 0.15) is 10.7 Å². The van der Waals surface area contributed by atoms with Gasteiger partial charge in [0.25, 0.3) is 5.91 Å². The van der Waals surface area contributed by atoms with E-state index in [1.54, 1.807) is 0 Å². The Morgan fingerprint density at radius 3 is 3.10 bits per heavy atom. The molecule has 1 N–H and O–H groups in total. The lowest BCUT2D eigenvalue weighted by molar-refractivity contribution is 0.0957. The summed E-state index contributed by atoms with van der Waals surface area (Å²) in [6, 6.07) is 5.74. The highest BCUT2D eigenvalue weighted by Gasteiger charge is 2.14. The molecule has 0 aromatic carbocycles. The van der Waals surface area contributed by atoms with E-state index in [9.17, 15) is 4.79 Å². The van der Waals surface area contributed by atoms with Crippen molar-refractivity contribution in [1.82, 2.24) is 29.5 Å². The Morgan fingerprint density at radius 1 is 1.33 bits per heavy atom. The molecule has 0 aliphatic heterocycles. The fraction of sp³-hybridized carbons (Fsp3) is 0.308. The molecule has 0 aliphatic carbocycles. The average Bonchev–Trinajstić information content (AvgIpc) is 3.14. The van der Waals surface area contributed by atoms with E-state index in [1.807, 2.05) is 35.7 Å². The van der Waals surface area contributed by atoms with Gasteiger partial charge in [-0.1, -0.05) is 17.5 Å². The number of nitrogens with one attached hydrogen (secondary N) is 1. The molecule has 3 heterocycles. The summed E-state index contributed by atoms with van der Waals surface area (Å²) >= 11 is 1.13. The molecule has 0 unspecified atom stereocenters. The monoisotopic (exact) mass is 302 g/mol. The van der Waals surface area contributed by atoms with Crippen molar-refractivity contribution in [3.8, 4) is 0 Å². The predicted octanol–water partition coefficient (Wildman–Crippen LogP) is 1.12. The normalized spacial score (nSPS) is 10.9. The number of nitrogens with zero attached hydrogens (tertiary/aromatic N) is 5. The second-order valence-corrected chi connectivity index (χ2v) is 5.21. The van der Waals surface area contributed by atoms with E-state index in [1.165, 1.54) is 0 Å². The van der Waals surface area contributed by atoms with Gasteiger partial charge < -0.3 is 5.32 Å². The molecule has 0 atom stereocenters. The molecule has 7 nitrogen and oxygen atoms in total. The number of carbonyl (C=O) groups is 1. The van der Waals surface area contributed by atoms with Crippen LogP contribution in [-0.2, 0) is 12.8 Å². The molecule has 0 radical (unpaired) electrons. The summed E-state index contributed by atoms with van der Waals surface area (Å²) in [4.78, 5) is 12.6. The van der Waals surface area contributed by atoms with Crippen LogP contribution < -0.4 is 5.32 Å². The minimum atomic E-state index is -0.129. The van der Waals surface area contributed by atoms with E-state index in [-0.39, 0.29) is 5.91 Å². The zero-order valence-electron chi connectivity index (χ0n) is 11.5.